The summed E-state index contributed by atoms with van der Waals surface area (Å²) in [5.41, 5.74) is 5.62. The second kappa shape index (κ2) is 5.12. The van der Waals surface area contributed by atoms with Gasteiger partial charge in [-0.3, -0.25) is 4.79 Å². The lowest BCUT2D eigenvalue weighted by Crippen LogP contribution is -2.25. The van der Waals surface area contributed by atoms with Crippen LogP contribution in [0.3, 0.4) is 0 Å². The summed E-state index contributed by atoms with van der Waals surface area (Å²) in [6.07, 6.45) is 1.50. The Morgan fingerprint density at radius 1 is 1.80 bits per heavy atom. The van der Waals surface area contributed by atoms with E-state index >= 15 is 0 Å². The van der Waals surface area contributed by atoms with Gasteiger partial charge in [-0.1, -0.05) is 0 Å². The van der Waals surface area contributed by atoms with Crippen molar-refractivity contribution in [3.05, 3.63) is 22.6 Å². The highest BCUT2D eigenvalue weighted by atomic mass is 16.1. The lowest BCUT2D eigenvalue weighted by Gasteiger charge is -2.07. The maximum atomic E-state index is 11.5. The van der Waals surface area contributed by atoms with E-state index in [2.05, 4.69) is 10.4 Å². The van der Waals surface area contributed by atoms with Crippen LogP contribution in [0.5, 0.6) is 0 Å². The van der Waals surface area contributed by atoms with Gasteiger partial charge in [-0.2, -0.15) is 10.4 Å². The van der Waals surface area contributed by atoms with Crippen molar-refractivity contribution in [3.8, 4) is 6.07 Å². The van der Waals surface area contributed by atoms with Crippen LogP contribution in [0.15, 0.2) is 17.1 Å². The SMILES string of the molecule is CC(C#N)n1ncc(NCCN)cc1=O. The van der Waals surface area contributed by atoms with Crippen LogP contribution in [-0.2, 0) is 0 Å². The van der Waals surface area contributed by atoms with E-state index in [1.54, 1.807) is 6.92 Å². The van der Waals surface area contributed by atoms with Gasteiger partial charge in [-0.15, -0.1) is 0 Å². The minimum Gasteiger partial charge on any atom is -0.382 e. The van der Waals surface area contributed by atoms with Crippen molar-refractivity contribution in [1.82, 2.24) is 9.78 Å². The first-order valence-electron chi connectivity index (χ1n) is 4.61. The quantitative estimate of drug-likeness (QED) is 0.706. The van der Waals surface area contributed by atoms with E-state index in [1.807, 2.05) is 6.07 Å². The van der Waals surface area contributed by atoms with Gasteiger partial charge in [0, 0.05) is 19.2 Å². The Bertz CT molecular complexity index is 419. The Hall–Kier alpha value is -1.87. The second-order valence-electron chi connectivity index (χ2n) is 3.05. The molecule has 0 aliphatic rings. The molecule has 1 aromatic rings. The van der Waals surface area contributed by atoms with Gasteiger partial charge in [0.05, 0.1) is 18.0 Å². The molecule has 15 heavy (non-hydrogen) atoms. The molecular weight excluding hydrogens is 194 g/mol. The molecule has 0 aliphatic heterocycles. The van der Waals surface area contributed by atoms with Crippen LogP contribution in [0.1, 0.15) is 13.0 Å². The van der Waals surface area contributed by atoms with E-state index in [0.717, 1.165) is 4.68 Å². The standard InChI is InChI=1S/C9H13N5O/c1-7(5-11)14-9(15)4-8(6-13-14)12-3-2-10/h4,6-7,12H,2-3,10H2,1H3. The number of anilines is 1. The number of hydrogen-bond donors (Lipinski definition) is 2. The maximum Gasteiger partial charge on any atom is 0.270 e. The van der Waals surface area contributed by atoms with Crippen molar-refractivity contribution in [2.75, 3.05) is 18.4 Å². The minimum absolute atomic E-state index is 0.300. The van der Waals surface area contributed by atoms with Gasteiger partial charge in [-0.25, -0.2) is 4.68 Å². The molecule has 1 unspecified atom stereocenters. The molecule has 0 radical (unpaired) electrons. The highest BCUT2D eigenvalue weighted by Crippen LogP contribution is 2.01. The summed E-state index contributed by atoms with van der Waals surface area (Å²) in [5.74, 6) is 0. The van der Waals surface area contributed by atoms with E-state index < -0.39 is 6.04 Å². The molecule has 1 heterocycles. The van der Waals surface area contributed by atoms with Crippen LogP contribution in [0.25, 0.3) is 0 Å². The number of rotatable bonds is 4. The van der Waals surface area contributed by atoms with Crippen LogP contribution >= 0.6 is 0 Å². The lowest BCUT2D eigenvalue weighted by molar-refractivity contribution is 0.555. The average molecular weight is 207 g/mol. The van der Waals surface area contributed by atoms with E-state index in [1.165, 1.54) is 12.3 Å². The molecule has 80 valence electrons. The third kappa shape index (κ3) is 2.79. The molecule has 0 bridgehead atoms. The number of nitrogens with two attached hydrogens (primary N) is 1. The zero-order chi connectivity index (χ0) is 11.3. The second-order valence-corrected chi connectivity index (χ2v) is 3.05. The maximum absolute atomic E-state index is 11.5. The van der Waals surface area contributed by atoms with Crippen LogP contribution in [0, 0.1) is 11.3 Å². The summed E-state index contributed by atoms with van der Waals surface area (Å²) >= 11 is 0. The Kier molecular flexibility index (Phi) is 3.83. The predicted molar refractivity (Wildman–Crippen MR) is 56.4 cm³/mol. The Labute approximate surface area is 87.3 Å². The minimum atomic E-state index is -0.555. The van der Waals surface area contributed by atoms with Gasteiger partial charge >= 0.3 is 0 Å². The summed E-state index contributed by atoms with van der Waals surface area (Å²) in [5, 5.41) is 15.5. The summed E-state index contributed by atoms with van der Waals surface area (Å²) in [6.45, 7) is 2.68. The smallest absolute Gasteiger partial charge is 0.270 e. The van der Waals surface area contributed by atoms with Gasteiger partial charge in [-0.05, 0) is 6.92 Å². The molecule has 1 atom stereocenters. The van der Waals surface area contributed by atoms with Crippen molar-refractivity contribution in [2.45, 2.75) is 13.0 Å². The first kappa shape index (κ1) is 11.2. The Morgan fingerprint density at radius 3 is 3.07 bits per heavy atom. The van der Waals surface area contributed by atoms with Crippen LogP contribution < -0.4 is 16.6 Å². The van der Waals surface area contributed by atoms with Gasteiger partial charge in [0.15, 0.2) is 0 Å². The molecule has 1 rings (SSSR count). The summed E-state index contributed by atoms with van der Waals surface area (Å²) < 4.78 is 1.13. The summed E-state index contributed by atoms with van der Waals surface area (Å²) in [7, 11) is 0. The zero-order valence-corrected chi connectivity index (χ0v) is 8.47. The average Bonchev–Trinajstić information content (AvgIpc) is 2.25. The van der Waals surface area contributed by atoms with Crippen molar-refractivity contribution in [2.24, 2.45) is 5.73 Å². The highest BCUT2D eigenvalue weighted by Gasteiger charge is 2.06. The van der Waals surface area contributed by atoms with Crippen LogP contribution in [0.4, 0.5) is 5.69 Å². The monoisotopic (exact) mass is 207 g/mol. The molecule has 0 amide bonds. The molecule has 0 saturated heterocycles. The Morgan fingerprint density at radius 2 is 2.53 bits per heavy atom. The first-order chi connectivity index (χ1) is 7.19. The number of nitriles is 1. The highest BCUT2D eigenvalue weighted by molar-refractivity contribution is 5.38. The lowest BCUT2D eigenvalue weighted by atomic mass is 10.4. The van der Waals surface area contributed by atoms with Crippen LogP contribution in [-0.4, -0.2) is 22.9 Å². The van der Waals surface area contributed by atoms with Gasteiger partial charge in [0.1, 0.15) is 6.04 Å². The number of nitrogens with one attached hydrogen (secondary N) is 1. The van der Waals surface area contributed by atoms with Crippen molar-refractivity contribution in [1.29, 1.82) is 5.26 Å². The molecule has 3 N–H and O–H groups in total. The van der Waals surface area contributed by atoms with Crippen molar-refractivity contribution in [3.63, 3.8) is 0 Å². The molecule has 1 aromatic heterocycles. The molecular formula is C9H13N5O. The van der Waals surface area contributed by atoms with Gasteiger partial charge in [0.2, 0.25) is 0 Å². The predicted octanol–water partition coefficient (Wildman–Crippen LogP) is -0.302. The molecule has 6 heteroatoms. The molecule has 0 spiro atoms. The van der Waals surface area contributed by atoms with E-state index in [9.17, 15) is 4.79 Å². The zero-order valence-electron chi connectivity index (χ0n) is 8.47. The number of aromatic nitrogens is 2. The largest absolute Gasteiger partial charge is 0.382 e. The van der Waals surface area contributed by atoms with Crippen LogP contribution in [0.2, 0.25) is 0 Å². The fraction of sp³-hybridized carbons (Fsp3) is 0.444. The van der Waals surface area contributed by atoms with Gasteiger partial charge in [0.25, 0.3) is 5.56 Å². The first-order valence-corrected chi connectivity index (χ1v) is 4.61. The fourth-order valence-corrected chi connectivity index (χ4v) is 1.08. The number of hydrogen-bond acceptors (Lipinski definition) is 5. The van der Waals surface area contributed by atoms with E-state index in [0.29, 0.717) is 18.8 Å². The number of nitrogens with zero attached hydrogens (tertiary/aromatic N) is 3. The molecule has 0 aliphatic carbocycles. The van der Waals surface area contributed by atoms with E-state index in [-0.39, 0.29) is 5.56 Å². The summed E-state index contributed by atoms with van der Waals surface area (Å²) in [6, 6.07) is 2.79. The van der Waals surface area contributed by atoms with Gasteiger partial charge < -0.3 is 11.1 Å². The summed E-state index contributed by atoms with van der Waals surface area (Å²) in [4.78, 5) is 11.5. The van der Waals surface area contributed by atoms with E-state index in [4.69, 9.17) is 11.0 Å². The third-order valence-corrected chi connectivity index (χ3v) is 1.85. The van der Waals surface area contributed by atoms with Crippen molar-refractivity contribution >= 4 is 5.69 Å². The molecule has 0 fully saturated rings. The van der Waals surface area contributed by atoms with Crippen molar-refractivity contribution < 1.29 is 0 Å². The normalized spacial score (nSPS) is 11.8. The molecule has 6 nitrogen and oxygen atoms in total. The fourth-order valence-electron chi connectivity index (χ4n) is 1.08. The topological polar surface area (TPSA) is 96.7 Å². The third-order valence-electron chi connectivity index (χ3n) is 1.85. The molecule has 0 saturated carbocycles. The molecule has 0 aromatic carbocycles. The Balaban J connectivity index is 2.90.